The van der Waals surface area contributed by atoms with E-state index in [1.807, 2.05) is 36.4 Å². The van der Waals surface area contributed by atoms with Crippen LogP contribution in [0.15, 0.2) is 65.3 Å². The number of oxazole rings is 1. The third-order valence-electron chi connectivity index (χ3n) is 4.53. The number of nitrogens with zero attached hydrogens (tertiary/aromatic N) is 2. The molecule has 4 nitrogen and oxygen atoms in total. The van der Waals surface area contributed by atoms with E-state index in [0.29, 0.717) is 12.4 Å². The number of piperazine rings is 1. The molecular formula is C20H21ClFN3O. The van der Waals surface area contributed by atoms with Crippen LogP contribution in [0, 0.1) is 5.82 Å². The van der Waals surface area contributed by atoms with Crippen LogP contribution < -0.4 is 5.32 Å². The second-order valence-corrected chi connectivity index (χ2v) is 6.26. The molecule has 1 aliphatic rings. The minimum atomic E-state index is -0.198. The van der Waals surface area contributed by atoms with Crippen LogP contribution in [0.4, 0.5) is 4.39 Å². The van der Waals surface area contributed by atoms with Crippen molar-refractivity contribution >= 4 is 12.4 Å². The molecule has 1 atom stereocenters. The molecule has 6 heteroatoms. The van der Waals surface area contributed by atoms with Crippen LogP contribution in [-0.4, -0.2) is 29.5 Å². The summed E-state index contributed by atoms with van der Waals surface area (Å²) in [6.07, 6.45) is 1.72. The maximum absolute atomic E-state index is 13.6. The Balaban J connectivity index is 0.00000196. The van der Waals surface area contributed by atoms with E-state index in [-0.39, 0.29) is 24.3 Å². The molecule has 2 aromatic carbocycles. The predicted molar refractivity (Wildman–Crippen MR) is 102 cm³/mol. The van der Waals surface area contributed by atoms with Gasteiger partial charge in [-0.05, 0) is 29.8 Å². The van der Waals surface area contributed by atoms with Gasteiger partial charge in [-0.3, -0.25) is 4.90 Å². The summed E-state index contributed by atoms with van der Waals surface area (Å²) in [7, 11) is 0. The fraction of sp³-hybridized carbons (Fsp3) is 0.250. The lowest BCUT2D eigenvalue weighted by atomic mass is 10.0. The SMILES string of the molecule is Cl.Fc1cccc(C2CNCCN2Cc2coc(-c3ccccc3)n2)c1. The van der Waals surface area contributed by atoms with Crippen molar-refractivity contribution in [1.82, 2.24) is 15.2 Å². The lowest BCUT2D eigenvalue weighted by molar-refractivity contribution is 0.151. The van der Waals surface area contributed by atoms with Crippen LogP contribution >= 0.6 is 12.4 Å². The Hall–Kier alpha value is -2.21. The van der Waals surface area contributed by atoms with Crippen LogP contribution in [0.2, 0.25) is 0 Å². The van der Waals surface area contributed by atoms with Crippen molar-refractivity contribution in [2.75, 3.05) is 19.6 Å². The lowest BCUT2D eigenvalue weighted by Gasteiger charge is -2.36. The summed E-state index contributed by atoms with van der Waals surface area (Å²) in [5.74, 6) is 0.434. The molecule has 0 radical (unpaired) electrons. The van der Waals surface area contributed by atoms with Crippen molar-refractivity contribution in [3.8, 4) is 11.5 Å². The number of hydrogen-bond acceptors (Lipinski definition) is 4. The summed E-state index contributed by atoms with van der Waals surface area (Å²) in [5, 5.41) is 3.39. The van der Waals surface area contributed by atoms with Gasteiger partial charge in [-0.2, -0.15) is 0 Å². The highest BCUT2D eigenvalue weighted by molar-refractivity contribution is 5.85. The Bertz CT molecular complexity index is 840. The van der Waals surface area contributed by atoms with E-state index in [1.54, 1.807) is 18.4 Å². The first kappa shape index (κ1) is 18.6. The molecule has 1 saturated heterocycles. The van der Waals surface area contributed by atoms with Gasteiger partial charge in [0.25, 0.3) is 0 Å². The molecule has 26 heavy (non-hydrogen) atoms. The average Bonchev–Trinajstić information content (AvgIpc) is 3.11. The van der Waals surface area contributed by atoms with Crippen LogP contribution in [0.5, 0.6) is 0 Å². The fourth-order valence-electron chi connectivity index (χ4n) is 3.28. The van der Waals surface area contributed by atoms with E-state index < -0.39 is 0 Å². The quantitative estimate of drug-likeness (QED) is 0.749. The van der Waals surface area contributed by atoms with Crippen molar-refractivity contribution in [3.05, 3.63) is 77.9 Å². The number of halogens is 2. The van der Waals surface area contributed by atoms with Gasteiger partial charge in [0.1, 0.15) is 12.1 Å². The topological polar surface area (TPSA) is 41.3 Å². The first-order valence-corrected chi connectivity index (χ1v) is 8.49. The Morgan fingerprint density at radius 3 is 2.81 bits per heavy atom. The predicted octanol–water partition coefficient (Wildman–Crippen LogP) is 4.05. The second-order valence-electron chi connectivity index (χ2n) is 6.26. The van der Waals surface area contributed by atoms with Gasteiger partial charge in [0.05, 0.1) is 5.69 Å². The van der Waals surface area contributed by atoms with Gasteiger partial charge in [0.15, 0.2) is 0 Å². The van der Waals surface area contributed by atoms with Crippen LogP contribution in [0.3, 0.4) is 0 Å². The highest BCUT2D eigenvalue weighted by Gasteiger charge is 2.25. The largest absolute Gasteiger partial charge is 0.444 e. The molecule has 136 valence electrons. The van der Waals surface area contributed by atoms with Gasteiger partial charge in [-0.1, -0.05) is 30.3 Å². The summed E-state index contributed by atoms with van der Waals surface area (Å²) < 4.78 is 19.2. The standard InChI is InChI=1S/C20H20FN3O.ClH/c21-17-8-4-7-16(11-17)19-12-22-9-10-24(19)13-18-14-25-20(23-18)15-5-2-1-3-6-15;/h1-8,11,14,19,22H,9-10,12-13H2;1H. The fourth-order valence-corrected chi connectivity index (χ4v) is 3.28. The van der Waals surface area contributed by atoms with E-state index in [9.17, 15) is 4.39 Å². The number of nitrogens with one attached hydrogen (secondary N) is 1. The Morgan fingerprint density at radius 2 is 2.00 bits per heavy atom. The van der Waals surface area contributed by atoms with Crippen LogP contribution in [0.1, 0.15) is 17.3 Å². The number of rotatable bonds is 4. The second kappa shape index (κ2) is 8.45. The summed E-state index contributed by atoms with van der Waals surface area (Å²) in [6.45, 7) is 3.27. The van der Waals surface area contributed by atoms with Crippen LogP contribution in [-0.2, 0) is 6.54 Å². The molecule has 0 spiro atoms. The minimum Gasteiger partial charge on any atom is -0.444 e. The summed E-state index contributed by atoms with van der Waals surface area (Å²) in [6, 6.07) is 16.8. The zero-order valence-electron chi connectivity index (χ0n) is 14.3. The molecule has 3 aromatic rings. The molecule has 1 aliphatic heterocycles. The normalized spacial score (nSPS) is 17.7. The van der Waals surface area contributed by atoms with Crippen molar-refractivity contribution < 1.29 is 8.81 Å². The molecule has 0 bridgehead atoms. The molecule has 0 amide bonds. The molecular weight excluding hydrogens is 353 g/mol. The minimum absolute atomic E-state index is 0. The molecule has 1 N–H and O–H groups in total. The maximum atomic E-state index is 13.6. The number of hydrogen-bond donors (Lipinski definition) is 1. The van der Waals surface area contributed by atoms with Gasteiger partial charge < -0.3 is 9.73 Å². The molecule has 0 aliphatic carbocycles. The van der Waals surface area contributed by atoms with Gasteiger partial charge in [0, 0.05) is 37.8 Å². The molecule has 2 heterocycles. The summed E-state index contributed by atoms with van der Waals surface area (Å²) in [5.41, 5.74) is 2.84. The van der Waals surface area contributed by atoms with E-state index >= 15 is 0 Å². The van der Waals surface area contributed by atoms with E-state index in [1.165, 1.54) is 6.07 Å². The maximum Gasteiger partial charge on any atom is 0.226 e. The Kier molecular flexibility index (Phi) is 6.04. The molecule has 0 saturated carbocycles. The van der Waals surface area contributed by atoms with Gasteiger partial charge in [0.2, 0.25) is 5.89 Å². The van der Waals surface area contributed by atoms with Gasteiger partial charge in [-0.25, -0.2) is 9.37 Å². The average molecular weight is 374 g/mol. The Morgan fingerprint density at radius 1 is 1.15 bits per heavy atom. The summed E-state index contributed by atoms with van der Waals surface area (Å²) >= 11 is 0. The van der Waals surface area contributed by atoms with Crippen molar-refractivity contribution in [1.29, 1.82) is 0 Å². The zero-order chi connectivity index (χ0) is 17.1. The first-order valence-electron chi connectivity index (χ1n) is 8.49. The van der Waals surface area contributed by atoms with Gasteiger partial charge in [-0.15, -0.1) is 12.4 Å². The molecule has 1 aromatic heterocycles. The van der Waals surface area contributed by atoms with Crippen molar-refractivity contribution in [2.45, 2.75) is 12.6 Å². The monoisotopic (exact) mass is 373 g/mol. The molecule has 1 unspecified atom stereocenters. The van der Waals surface area contributed by atoms with E-state index in [2.05, 4.69) is 15.2 Å². The van der Waals surface area contributed by atoms with Gasteiger partial charge >= 0.3 is 0 Å². The van der Waals surface area contributed by atoms with E-state index in [4.69, 9.17) is 4.42 Å². The molecule has 1 fully saturated rings. The van der Waals surface area contributed by atoms with Crippen LogP contribution in [0.25, 0.3) is 11.5 Å². The first-order chi connectivity index (χ1) is 12.3. The third kappa shape index (κ3) is 4.12. The summed E-state index contributed by atoms with van der Waals surface area (Å²) in [4.78, 5) is 6.93. The number of benzene rings is 2. The zero-order valence-corrected chi connectivity index (χ0v) is 15.1. The Labute approximate surface area is 158 Å². The smallest absolute Gasteiger partial charge is 0.226 e. The van der Waals surface area contributed by atoms with Crippen molar-refractivity contribution in [2.24, 2.45) is 0 Å². The third-order valence-corrected chi connectivity index (χ3v) is 4.53. The lowest BCUT2D eigenvalue weighted by Crippen LogP contribution is -2.45. The molecule has 4 rings (SSSR count). The highest BCUT2D eigenvalue weighted by atomic mass is 35.5. The number of aromatic nitrogens is 1. The highest BCUT2D eigenvalue weighted by Crippen LogP contribution is 2.25. The van der Waals surface area contributed by atoms with Crippen molar-refractivity contribution in [3.63, 3.8) is 0 Å². The van der Waals surface area contributed by atoms with E-state index in [0.717, 1.165) is 36.5 Å².